The summed E-state index contributed by atoms with van der Waals surface area (Å²) < 4.78 is 5.88. The Labute approximate surface area is 137 Å². The second-order valence-corrected chi connectivity index (χ2v) is 7.15. The van der Waals surface area contributed by atoms with E-state index >= 15 is 0 Å². The standard InChI is InChI=1S/C18H38NO3/c1-5-6-7-8-9-10-11-12-15-22-18(21)16-19(3,4)14-13-17(2)20/h17,20H,5-16H2,1-4H3/q+1/t17-/m1/s1. The maximum Gasteiger partial charge on any atom is 0.361 e. The molecule has 4 heteroatoms. The first-order chi connectivity index (χ1) is 10.4. The molecule has 0 fully saturated rings. The summed E-state index contributed by atoms with van der Waals surface area (Å²) in [5.41, 5.74) is 0. The van der Waals surface area contributed by atoms with Gasteiger partial charge in [0.15, 0.2) is 6.54 Å². The first-order valence-corrected chi connectivity index (χ1v) is 9.03. The number of likely N-dealkylation sites (N-methyl/N-ethyl adjacent to an activating group) is 1. The number of nitrogens with zero attached hydrogens (tertiary/aromatic N) is 1. The number of aliphatic hydroxyl groups excluding tert-OH is 1. The Kier molecular flexibility index (Phi) is 12.5. The molecule has 0 spiro atoms. The molecule has 0 aliphatic carbocycles. The van der Waals surface area contributed by atoms with Gasteiger partial charge in [-0.1, -0.05) is 51.9 Å². The van der Waals surface area contributed by atoms with E-state index in [1.807, 2.05) is 14.1 Å². The van der Waals surface area contributed by atoms with E-state index < -0.39 is 0 Å². The van der Waals surface area contributed by atoms with Crippen molar-refractivity contribution in [3.63, 3.8) is 0 Å². The molecule has 132 valence electrons. The van der Waals surface area contributed by atoms with Crippen LogP contribution in [0.5, 0.6) is 0 Å². The van der Waals surface area contributed by atoms with E-state index in [2.05, 4.69) is 6.92 Å². The third-order valence-corrected chi connectivity index (χ3v) is 3.97. The highest BCUT2D eigenvalue weighted by molar-refractivity contribution is 5.70. The third kappa shape index (κ3) is 14.3. The van der Waals surface area contributed by atoms with Crippen LogP contribution in [0.25, 0.3) is 0 Å². The zero-order chi connectivity index (χ0) is 16.8. The highest BCUT2D eigenvalue weighted by Gasteiger charge is 2.21. The van der Waals surface area contributed by atoms with E-state index in [1.165, 1.54) is 38.5 Å². The molecular formula is C18H38NO3+. The number of rotatable bonds is 14. The van der Waals surface area contributed by atoms with Gasteiger partial charge in [0.1, 0.15) is 0 Å². The minimum absolute atomic E-state index is 0.126. The van der Waals surface area contributed by atoms with E-state index in [9.17, 15) is 9.90 Å². The van der Waals surface area contributed by atoms with Gasteiger partial charge >= 0.3 is 5.97 Å². The van der Waals surface area contributed by atoms with Crippen molar-refractivity contribution in [2.24, 2.45) is 0 Å². The molecule has 0 bridgehead atoms. The van der Waals surface area contributed by atoms with Crippen molar-refractivity contribution >= 4 is 5.97 Å². The topological polar surface area (TPSA) is 46.5 Å². The monoisotopic (exact) mass is 316 g/mol. The minimum atomic E-state index is -0.314. The lowest BCUT2D eigenvalue weighted by molar-refractivity contribution is -0.883. The Bertz CT molecular complexity index is 278. The SMILES string of the molecule is CCCCCCCCCCOC(=O)C[N+](C)(C)CC[C@@H](C)O. The molecule has 0 aromatic carbocycles. The van der Waals surface area contributed by atoms with E-state index in [1.54, 1.807) is 6.92 Å². The van der Waals surface area contributed by atoms with Crippen molar-refractivity contribution in [3.05, 3.63) is 0 Å². The fraction of sp³-hybridized carbons (Fsp3) is 0.944. The molecule has 0 aromatic rings. The molecule has 0 amide bonds. The summed E-state index contributed by atoms with van der Waals surface area (Å²) in [4.78, 5) is 11.8. The van der Waals surface area contributed by atoms with Crippen LogP contribution in [0, 0.1) is 0 Å². The van der Waals surface area contributed by atoms with E-state index in [0.29, 0.717) is 24.1 Å². The van der Waals surface area contributed by atoms with E-state index in [0.717, 1.165) is 19.4 Å². The molecule has 0 saturated heterocycles. The minimum Gasteiger partial charge on any atom is -0.462 e. The molecular weight excluding hydrogens is 278 g/mol. The van der Waals surface area contributed by atoms with Gasteiger partial charge in [0, 0.05) is 6.42 Å². The summed E-state index contributed by atoms with van der Waals surface area (Å²) >= 11 is 0. The first-order valence-electron chi connectivity index (χ1n) is 9.03. The van der Waals surface area contributed by atoms with Crippen LogP contribution in [0.3, 0.4) is 0 Å². The molecule has 0 unspecified atom stereocenters. The van der Waals surface area contributed by atoms with Crippen molar-refractivity contribution in [3.8, 4) is 0 Å². The largest absolute Gasteiger partial charge is 0.462 e. The fourth-order valence-corrected chi connectivity index (χ4v) is 2.43. The van der Waals surface area contributed by atoms with Gasteiger partial charge in [0.05, 0.1) is 33.4 Å². The molecule has 1 N–H and O–H groups in total. The molecule has 0 heterocycles. The molecule has 4 nitrogen and oxygen atoms in total. The number of unbranched alkanes of at least 4 members (excludes halogenated alkanes) is 7. The van der Waals surface area contributed by atoms with Crippen molar-refractivity contribution in [1.82, 2.24) is 0 Å². The summed E-state index contributed by atoms with van der Waals surface area (Å²) in [6.07, 6.45) is 10.4. The maximum atomic E-state index is 11.8. The predicted molar refractivity (Wildman–Crippen MR) is 91.7 cm³/mol. The Hall–Kier alpha value is -0.610. The van der Waals surface area contributed by atoms with Crippen LogP contribution in [0.2, 0.25) is 0 Å². The lowest BCUT2D eigenvalue weighted by Crippen LogP contribution is -2.45. The van der Waals surface area contributed by atoms with Crippen molar-refractivity contribution in [2.45, 2.75) is 77.7 Å². The van der Waals surface area contributed by atoms with Gasteiger partial charge in [0.2, 0.25) is 0 Å². The second-order valence-electron chi connectivity index (χ2n) is 7.15. The van der Waals surface area contributed by atoms with Gasteiger partial charge in [-0.15, -0.1) is 0 Å². The molecule has 0 radical (unpaired) electrons. The van der Waals surface area contributed by atoms with Gasteiger partial charge in [0.25, 0.3) is 0 Å². The number of ether oxygens (including phenoxy) is 1. The van der Waals surface area contributed by atoms with Crippen molar-refractivity contribution in [2.75, 3.05) is 33.8 Å². The number of esters is 1. The van der Waals surface area contributed by atoms with Crippen LogP contribution in [-0.2, 0) is 9.53 Å². The molecule has 0 aromatic heterocycles. The molecule has 1 atom stereocenters. The number of carbonyl (C=O) groups is 1. The Morgan fingerprint density at radius 3 is 2.14 bits per heavy atom. The fourth-order valence-electron chi connectivity index (χ4n) is 2.43. The van der Waals surface area contributed by atoms with Gasteiger partial charge in [-0.25, -0.2) is 4.79 Å². The van der Waals surface area contributed by atoms with Crippen LogP contribution in [0.1, 0.15) is 71.6 Å². The number of hydrogen-bond acceptors (Lipinski definition) is 3. The summed E-state index contributed by atoms with van der Waals surface area (Å²) in [5.74, 6) is -0.126. The van der Waals surface area contributed by atoms with Crippen LogP contribution < -0.4 is 0 Å². The molecule has 0 aliphatic heterocycles. The molecule has 0 saturated carbocycles. The summed E-state index contributed by atoms with van der Waals surface area (Å²) in [6, 6.07) is 0. The smallest absolute Gasteiger partial charge is 0.361 e. The van der Waals surface area contributed by atoms with Crippen molar-refractivity contribution < 1.29 is 19.1 Å². The second kappa shape index (κ2) is 12.9. The summed E-state index contributed by atoms with van der Waals surface area (Å²) in [5, 5.41) is 9.32. The molecule has 0 rings (SSSR count). The lowest BCUT2D eigenvalue weighted by Gasteiger charge is -2.29. The number of hydrogen-bond donors (Lipinski definition) is 1. The van der Waals surface area contributed by atoms with Gasteiger partial charge in [-0.2, -0.15) is 0 Å². The predicted octanol–water partition coefficient (Wildman–Crippen LogP) is 3.52. The van der Waals surface area contributed by atoms with Crippen LogP contribution in [0.15, 0.2) is 0 Å². The number of quaternary nitrogens is 1. The normalized spacial score (nSPS) is 13.1. The van der Waals surface area contributed by atoms with Gasteiger partial charge < -0.3 is 14.3 Å². The van der Waals surface area contributed by atoms with Crippen molar-refractivity contribution in [1.29, 1.82) is 0 Å². The molecule has 22 heavy (non-hydrogen) atoms. The quantitative estimate of drug-likeness (QED) is 0.303. The van der Waals surface area contributed by atoms with Gasteiger partial charge in [-0.3, -0.25) is 0 Å². The zero-order valence-electron chi connectivity index (χ0n) is 15.3. The van der Waals surface area contributed by atoms with Crippen LogP contribution >= 0.6 is 0 Å². The molecule has 0 aliphatic rings. The Morgan fingerprint density at radius 2 is 1.59 bits per heavy atom. The van der Waals surface area contributed by atoms with Crippen LogP contribution in [0.4, 0.5) is 0 Å². The number of carbonyl (C=O) groups excluding carboxylic acids is 1. The average molecular weight is 317 g/mol. The third-order valence-electron chi connectivity index (χ3n) is 3.97. The Morgan fingerprint density at radius 1 is 1.05 bits per heavy atom. The average Bonchev–Trinajstić information content (AvgIpc) is 2.43. The van der Waals surface area contributed by atoms with E-state index in [-0.39, 0.29) is 12.1 Å². The lowest BCUT2D eigenvalue weighted by atomic mass is 10.1. The van der Waals surface area contributed by atoms with Gasteiger partial charge in [-0.05, 0) is 13.3 Å². The maximum absolute atomic E-state index is 11.8. The summed E-state index contributed by atoms with van der Waals surface area (Å²) in [7, 11) is 4.00. The zero-order valence-corrected chi connectivity index (χ0v) is 15.3. The highest BCUT2D eigenvalue weighted by Crippen LogP contribution is 2.08. The Balaban J connectivity index is 3.53. The summed E-state index contributed by atoms with van der Waals surface area (Å²) in [6.45, 7) is 5.72. The van der Waals surface area contributed by atoms with Crippen LogP contribution in [-0.4, -0.2) is 55.5 Å². The first kappa shape index (κ1) is 21.4. The van der Waals surface area contributed by atoms with E-state index in [4.69, 9.17) is 4.74 Å². The highest BCUT2D eigenvalue weighted by atomic mass is 16.5. The number of aliphatic hydroxyl groups is 1.